The Labute approximate surface area is 98.9 Å². The molecule has 0 atom stereocenters. The van der Waals surface area contributed by atoms with Gasteiger partial charge in [-0.05, 0) is 17.2 Å². The quantitative estimate of drug-likeness (QED) is 0.863. The van der Waals surface area contributed by atoms with Crippen molar-refractivity contribution >= 4 is 5.91 Å². The van der Waals surface area contributed by atoms with Crippen molar-refractivity contribution in [2.24, 2.45) is 5.73 Å². The van der Waals surface area contributed by atoms with Crippen molar-refractivity contribution in [3.05, 3.63) is 59.9 Å². The van der Waals surface area contributed by atoms with Gasteiger partial charge in [-0.3, -0.25) is 4.79 Å². The van der Waals surface area contributed by atoms with Crippen LogP contribution in [0, 0.1) is 5.82 Å². The Hall–Kier alpha value is -2.16. The standard InChI is InChI=1S/C14H12FNO/c15-13-4-2-1-3-12(13)11-7-5-10(6-8-11)9-14(16)17/h1-8H,9H2,(H2,16,17). The fourth-order valence-electron chi connectivity index (χ4n) is 1.70. The second-order valence-electron chi connectivity index (χ2n) is 3.82. The van der Waals surface area contributed by atoms with Gasteiger partial charge in [0.15, 0.2) is 0 Å². The van der Waals surface area contributed by atoms with E-state index in [4.69, 9.17) is 5.73 Å². The maximum absolute atomic E-state index is 13.5. The van der Waals surface area contributed by atoms with Gasteiger partial charge in [-0.15, -0.1) is 0 Å². The molecule has 2 rings (SSSR count). The van der Waals surface area contributed by atoms with E-state index in [2.05, 4.69) is 0 Å². The molecule has 0 bridgehead atoms. The number of nitrogens with two attached hydrogens (primary N) is 1. The molecule has 0 aliphatic heterocycles. The lowest BCUT2D eigenvalue weighted by Gasteiger charge is -2.04. The summed E-state index contributed by atoms with van der Waals surface area (Å²) >= 11 is 0. The Morgan fingerprint density at radius 2 is 1.71 bits per heavy atom. The van der Waals surface area contributed by atoms with E-state index >= 15 is 0 Å². The van der Waals surface area contributed by atoms with Crippen LogP contribution in [0.25, 0.3) is 11.1 Å². The van der Waals surface area contributed by atoms with Crippen molar-refractivity contribution in [3.63, 3.8) is 0 Å². The van der Waals surface area contributed by atoms with Gasteiger partial charge in [-0.25, -0.2) is 4.39 Å². The monoisotopic (exact) mass is 229 g/mol. The number of hydrogen-bond acceptors (Lipinski definition) is 1. The van der Waals surface area contributed by atoms with Crippen LogP contribution < -0.4 is 5.73 Å². The number of amides is 1. The van der Waals surface area contributed by atoms with Gasteiger partial charge in [0.1, 0.15) is 5.82 Å². The fourth-order valence-corrected chi connectivity index (χ4v) is 1.70. The molecule has 0 saturated carbocycles. The molecule has 0 radical (unpaired) electrons. The van der Waals surface area contributed by atoms with Crippen LogP contribution in [-0.4, -0.2) is 5.91 Å². The number of carbonyl (C=O) groups is 1. The first kappa shape index (κ1) is 11.3. The van der Waals surface area contributed by atoms with Gasteiger partial charge < -0.3 is 5.73 Å². The van der Waals surface area contributed by atoms with Crippen LogP contribution in [0.1, 0.15) is 5.56 Å². The highest BCUT2D eigenvalue weighted by Crippen LogP contribution is 2.22. The van der Waals surface area contributed by atoms with Crippen LogP contribution in [0.4, 0.5) is 4.39 Å². The molecule has 0 aromatic heterocycles. The summed E-state index contributed by atoms with van der Waals surface area (Å²) < 4.78 is 13.5. The summed E-state index contributed by atoms with van der Waals surface area (Å²) in [6, 6.07) is 13.7. The van der Waals surface area contributed by atoms with Gasteiger partial charge in [0, 0.05) is 5.56 Å². The zero-order valence-electron chi connectivity index (χ0n) is 9.19. The molecule has 0 fully saturated rings. The molecule has 86 valence electrons. The Morgan fingerprint density at radius 3 is 2.29 bits per heavy atom. The summed E-state index contributed by atoms with van der Waals surface area (Å²) in [5.41, 5.74) is 7.27. The van der Waals surface area contributed by atoms with Crippen molar-refractivity contribution in [2.75, 3.05) is 0 Å². The summed E-state index contributed by atoms with van der Waals surface area (Å²) in [7, 11) is 0. The number of primary amides is 1. The van der Waals surface area contributed by atoms with Gasteiger partial charge in [0.2, 0.25) is 5.91 Å². The first-order valence-electron chi connectivity index (χ1n) is 5.29. The number of rotatable bonds is 3. The van der Waals surface area contributed by atoms with Crippen LogP contribution in [0.3, 0.4) is 0 Å². The van der Waals surface area contributed by atoms with E-state index in [1.165, 1.54) is 6.07 Å². The maximum Gasteiger partial charge on any atom is 0.221 e. The maximum atomic E-state index is 13.5. The van der Waals surface area contributed by atoms with Crippen molar-refractivity contribution in [1.29, 1.82) is 0 Å². The van der Waals surface area contributed by atoms with E-state index in [1.54, 1.807) is 42.5 Å². The topological polar surface area (TPSA) is 43.1 Å². The number of hydrogen-bond donors (Lipinski definition) is 1. The molecule has 1 amide bonds. The second-order valence-corrected chi connectivity index (χ2v) is 3.82. The molecule has 0 unspecified atom stereocenters. The third-order valence-electron chi connectivity index (χ3n) is 2.52. The first-order valence-corrected chi connectivity index (χ1v) is 5.29. The van der Waals surface area contributed by atoms with Gasteiger partial charge in [0.05, 0.1) is 6.42 Å². The predicted molar refractivity (Wildman–Crippen MR) is 64.7 cm³/mol. The Balaban J connectivity index is 2.30. The van der Waals surface area contributed by atoms with Gasteiger partial charge in [0.25, 0.3) is 0 Å². The molecule has 0 saturated heterocycles. The van der Waals surface area contributed by atoms with Crippen LogP contribution in [0.15, 0.2) is 48.5 Å². The minimum atomic E-state index is -0.372. The predicted octanol–water partition coefficient (Wildman–Crippen LogP) is 2.52. The van der Waals surface area contributed by atoms with Crippen LogP contribution in [0.5, 0.6) is 0 Å². The third-order valence-corrected chi connectivity index (χ3v) is 2.52. The van der Waals surface area contributed by atoms with E-state index in [-0.39, 0.29) is 18.1 Å². The molecule has 17 heavy (non-hydrogen) atoms. The largest absolute Gasteiger partial charge is 0.369 e. The second kappa shape index (κ2) is 4.78. The van der Waals surface area contributed by atoms with E-state index in [1.807, 2.05) is 0 Å². The minimum absolute atomic E-state index is 0.206. The van der Waals surface area contributed by atoms with E-state index in [0.717, 1.165) is 11.1 Å². The SMILES string of the molecule is NC(=O)Cc1ccc(-c2ccccc2F)cc1. The number of halogens is 1. The lowest BCUT2D eigenvalue weighted by molar-refractivity contribution is -0.117. The molecule has 0 heterocycles. The normalized spacial score (nSPS) is 10.2. The van der Waals surface area contributed by atoms with E-state index in [0.29, 0.717) is 5.56 Å². The van der Waals surface area contributed by atoms with Crippen molar-refractivity contribution in [3.8, 4) is 11.1 Å². The smallest absolute Gasteiger partial charge is 0.221 e. The van der Waals surface area contributed by atoms with Gasteiger partial charge >= 0.3 is 0 Å². The molecule has 2 N–H and O–H groups in total. The third kappa shape index (κ3) is 2.69. The molecule has 0 aliphatic rings. The lowest BCUT2D eigenvalue weighted by Crippen LogP contribution is -2.13. The van der Waals surface area contributed by atoms with Gasteiger partial charge in [-0.1, -0.05) is 42.5 Å². The van der Waals surface area contributed by atoms with Crippen molar-refractivity contribution in [1.82, 2.24) is 0 Å². The lowest BCUT2D eigenvalue weighted by atomic mass is 10.0. The van der Waals surface area contributed by atoms with Crippen molar-refractivity contribution < 1.29 is 9.18 Å². The molecule has 0 aliphatic carbocycles. The molecule has 3 heteroatoms. The zero-order valence-corrected chi connectivity index (χ0v) is 9.19. The minimum Gasteiger partial charge on any atom is -0.369 e. The van der Waals surface area contributed by atoms with E-state index < -0.39 is 0 Å². The average molecular weight is 229 g/mol. The van der Waals surface area contributed by atoms with E-state index in [9.17, 15) is 9.18 Å². The van der Waals surface area contributed by atoms with Gasteiger partial charge in [-0.2, -0.15) is 0 Å². The molecule has 2 nitrogen and oxygen atoms in total. The summed E-state index contributed by atoms with van der Waals surface area (Å²) in [5, 5.41) is 0. The summed E-state index contributed by atoms with van der Waals surface area (Å²) in [6.45, 7) is 0. The highest BCUT2D eigenvalue weighted by molar-refractivity contribution is 5.77. The summed E-state index contributed by atoms with van der Waals surface area (Å²) in [4.78, 5) is 10.7. The molecular formula is C14H12FNO. The average Bonchev–Trinajstić information content (AvgIpc) is 2.30. The molecule has 2 aromatic rings. The van der Waals surface area contributed by atoms with Crippen LogP contribution in [0.2, 0.25) is 0 Å². The molecule has 0 spiro atoms. The Bertz CT molecular complexity index is 534. The number of benzene rings is 2. The highest BCUT2D eigenvalue weighted by Gasteiger charge is 2.04. The van der Waals surface area contributed by atoms with Crippen molar-refractivity contribution in [2.45, 2.75) is 6.42 Å². The fraction of sp³-hybridized carbons (Fsp3) is 0.0714. The zero-order chi connectivity index (χ0) is 12.3. The Kier molecular flexibility index (Phi) is 3.19. The highest BCUT2D eigenvalue weighted by atomic mass is 19.1. The summed E-state index contributed by atoms with van der Waals surface area (Å²) in [5.74, 6) is -0.626. The Morgan fingerprint density at radius 1 is 1.06 bits per heavy atom. The molecular weight excluding hydrogens is 217 g/mol. The number of carbonyl (C=O) groups excluding carboxylic acids is 1. The van der Waals surface area contributed by atoms with Crippen LogP contribution >= 0.6 is 0 Å². The van der Waals surface area contributed by atoms with Crippen LogP contribution in [-0.2, 0) is 11.2 Å². The summed E-state index contributed by atoms with van der Waals surface area (Å²) in [6.07, 6.45) is 0.206. The molecule has 2 aromatic carbocycles. The first-order chi connectivity index (χ1) is 8.16.